The van der Waals surface area contributed by atoms with Gasteiger partial charge in [0.1, 0.15) is 17.9 Å². The van der Waals surface area contributed by atoms with E-state index in [9.17, 15) is 14.0 Å². The van der Waals surface area contributed by atoms with Gasteiger partial charge in [0, 0.05) is 18.2 Å². The van der Waals surface area contributed by atoms with Crippen molar-refractivity contribution in [1.82, 2.24) is 20.2 Å². The van der Waals surface area contributed by atoms with Gasteiger partial charge in [-0.25, -0.2) is 9.18 Å². The summed E-state index contributed by atoms with van der Waals surface area (Å²) in [6.45, 7) is 2.32. The number of nitrogens with one attached hydrogen (secondary N) is 2. The molecule has 1 aliphatic carbocycles. The Balaban J connectivity index is 1.36. The van der Waals surface area contributed by atoms with E-state index >= 15 is 0 Å². The van der Waals surface area contributed by atoms with Crippen LogP contribution in [0.5, 0.6) is 0 Å². The lowest BCUT2D eigenvalue weighted by atomic mass is 9.66. The van der Waals surface area contributed by atoms with Gasteiger partial charge in [0.25, 0.3) is 5.91 Å². The topological polar surface area (TPSA) is 132 Å². The highest BCUT2D eigenvalue weighted by Gasteiger charge is 2.41. The van der Waals surface area contributed by atoms with E-state index in [1.807, 2.05) is 0 Å². The van der Waals surface area contributed by atoms with Gasteiger partial charge < -0.3 is 14.5 Å². The number of carbonyl (C=O) groups is 2. The Morgan fingerprint density at radius 1 is 1.22 bits per heavy atom. The van der Waals surface area contributed by atoms with Crippen LogP contribution in [0, 0.1) is 5.82 Å². The van der Waals surface area contributed by atoms with Crippen molar-refractivity contribution in [3.63, 3.8) is 0 Å². The molecule has 2 N–H and O–H groups in total. The maximum absolute atomic E-state index is 14.2. The van der Waals surface area contributed by atoms with Crippen LogP contribution in [-0.4, -0.2) is 45.2 Å². The van der Waals surface area contributed by atoms with Crippen molar-refractivity contribution in [2.24, 2.45) is 0 Å². The first-order valence-electron chi connectivity index (χ1n) is 10.1. The van der Waals surface area contributed by atoms with E-state index in [1.165, 1.54) is 12.1 Å². The Morgan fingerprint density at radius 3 is 2.72 bits per heavy atom. The molecule has 0 aromatic carbocycles. The molecule has 0 radical (unpaired) electrons. The first-order valence-corrected chi connectivity index (χ1v) is 10.1. The number of ether oxygens (including phenoxy) is 1. The molecular weight excluding hydrogens is 419 g/mol. The monoisotopic (exact) mass is 440 g/mol. The molecule has 0 bridgehead atoms. The fraction of sp³-hybridized carbons (Fsp3) is 0.333. The van der Waals surface area contributed by atoms with Crippen molar-refractivity contribution in [3.8, 4) is 0 Å². The highest BCUT2D eigenvalue weighted by molar-refractivity contribution is 6.01. The van der Waals surface area contributed by atoms with Crippen molar-refractivity contribution in [2.45, 2.75) is 31.6 Å². The predicted molar refractivity (Wildman–Crippen MR) is 111 cm³/mol. The molecule has 11 heteroatoms. The van der Waals surface area contributed by atoms with E-state index in [1.54, 1.807) is 25.3 Å². The molecule has 0 spiro atoms. The van der Waals surface area contributed by atoms with E-state index in [4.69, 9.17) is 9.15 Å². The summed E-state index contributed by atoms with van der Waals surface area (Å²) < 4.78 is 24.1. The largest absolute Gasteiger partial charge is 0.461 e. The van der Waals surface area contributed by atoms with Crippen LogP contribution < -0.4 is 10.6 Å². The Hall–Kier alpha value is -3.89. The molecule has 0 aliphatic heterocycles. The number of esters is 1. The minimum Gasteiger partial charge on any atom is -0.461 e. The summed E-state index contributed by atoms with van der Waals surface area (Å²) in [5.41, 5.74) is 0.0449. The molecule has 3 aromatic heterocycles. The second-order valence-electron chi connectivity index (χ2n) is 7.34. The molecule has 0 atom stereocenters. The average molecular weight is 440 g/mol. The van der Waals surface area contributed by atoms with Gasteiger partial charge in [0.15, 0.2) is 11.4 Å². The molecule has 3 aromatic rings. The number of hydrogen-bond acceptors (Lipinski definition) is 9. The number of nitrogens with zero attached hydrogens (tertiary/aromatic N) is 4. The highest BCUT2D eigenvalue weighted by atomic mass is 19.1. The molecular formula is C21H21FN6O4. The highest BCUT2D eigenvalue weighted by Crippen LogP contribution is 2.43. The summed E-state index contributed by atoms with van der Waals surface area (Å²) in [6, 6.07) is 5.91. The quantitative estimate of drug-likeness (QED) is 0.507. The normalized spacial score (nSPS) is 14.3. The lowest BCUT2D eigenvalue weighted by Crippen LogP contribution is -2.42. The first-order chi connectivity index (χ1) is 15.5. The zero-order valence-electron chi connectivity index (χ0n) is 17.3. The third-order valence-electron chi connectivity index (χ3n) is 5.29. The Bertz CT molecular complexity index is 1110. The van der Waals surface area contributed by atoms with Gasteiger partial charge in [-0.3, -0.25) is 15.1 Å². The van der Waals surface area contributed by atoms with E-state index in [2.05, 4.69) is 30.8 Å². The van der Waals surface area contributed by atoms with Crippen molar-refractivity contribution in [3.05, 3.63) is 59.6 Å². The number of carbonyl (C=O) groups excluding carboxylic acids is 2. The van der Waals surface area contributed by atoms with Gasteiger partial charge >= 0.3 is 12.0 Å². The van der Waals surface area contributed by atoms with Crippen LogP contribution >= 0.6 is 0 Å². The molecule has 4 rings (SSSR count). The number of aromatic nitrogens is 4. The average Bonchev–Trinajstić information content (AvgIpc) is 3.23. The number of halogens is 1. The summed E-state index contributed by atoms with van der Waals surface area (Å²) in [7, 11) is 0. The Kier molecular flexibility index (Phi) is 6.06. The van der Waals surface area contributed by atoms with E-state index in [0.29, 0.717) is 18.1 Å². The van der Waals surface area contributed by atoms with Crippen molar-refractivity contribution >= 4 is 23.7 Å². The van der Waals surface area contributed by atoms with Gasteiger partial charge in [-0.1, -0.05) is 6.42 Å². The number of pyridine rings is 1. The number of rotatable bonds is 8. The van der Waals surface area contributed by atoms with Gasteiger partial charge in [0.05, 0.1) is 12.3 Å². The molecule has 1 fully saturated rings. The molecule has 1 saturated carbocycles. The van der Waals surface area contributed by atoms with Crippen LogP contribution in [0.1, 0.15) is 52.9 Å². The van der Waals surface area contributed by atoms with E-state index < -0.39 is 11.9 Å². The standard InChI is InChI=1S/C21H21FN6O4/c1-2-31-19(30)15-11-32-20(25-15)26-18(29)14-6-7-16(28-27-14)24-12-21(8-4-9-21)17-13(22)5-3-10-23-17/h3,5-7,10-11H,2,4,8-9,12H2,1H3,(H,24,28)(H,25,26,29). The smallest absolute Gasteiger partial charge is 0.360 e. The lowest BCUT2D eigenvalue weighted by Gasteiger charge is -2.41. The van der Waals surface area contributed by atoms with Gasteiger partial charge in [-0.05, 0) is 44.0 Å². The number of hydrogen-bond donors (Lipinski definition) is 2. The third-order valence-corrected chi connectivity index (χ3v) is 5.29. The molecule has 0 saturated heterocycles. The summed E-state index contributed by atoms with van der Waals surface area (Å²) >= 11 is 0. The molecule has 1 aliphatic rings. The van der Waals surface area contributed by atoms with Gasteiger partial charge in [0.2, 0.25) is 0 Å². The van der Waals surface area contributed by atoms with Gasteiger partial charge in [-0.2, -0.15) is 4.98 Å². The van der Waals surface area contributed by atoms with Crippen molar-refractivity contribution in [2.75, 3.05) is 23.8 Å². The fourth-order valence-corrected chi connectivity index (χ4v) is 3.48. The van der Waals surface area contributed by atoms with Crippen LogP contribution in [0.15, 0.2) is 41.1 Å². The van der Waals surface area contributed by atoms with E-state index in [-0.39, 0.29) is 35.2 Å². The summed E-state index contributed by atoms with van der Waals surface area (Å²) in [4.78, 5) is 32.0. The zero-order valence-corrected chi connectivity index (χ0v) is 17.3. The third kappa shape index (κ3) is 4.41. The minimum atomic E-state index is -0.651. The maximum atomic E-state index is 14.2. The first kappa shape index (κ1) is 21.3. The second-order valence-corrected chi connectivity index (χ2v) is 7.34. The minimum absolute atomic E-state index is 0.0283. The maximum Gasteiger partial charge on any atom is 0.360 e. The van der Waals surface area contributed by atoms with Crippen molar-refractivity contribution < 1.29 is 23.1 Å². The number of anilines is 2. The summed E-state index contributed by atoms with van der Waals surface area (Å²) in [6.07, 6.45) is 5.33. The zero-order chi connectivity index (χ0) is 22.6. The predicted octanol–water partition coefficient (Wildman–Crippen LogP) is 2.96. The molecule has 32 heavy (non-hydrogen) atoms. The molecule has 10 nitrogen and oxygen atoms in total. The summed E-state index contributed by atoms with van der Waals surface area (Å²) in [5.74, 6) is -1.12. The lowest BCUT2D eigenvalue weighted by molar-refractivity contribution is 0.0519. The molecule has 166 valence electrons. The van der Waals surface area contributed by atoms with Crippen LogP contribution in [-0.2, 0) is 10.2 Å². The second kappa shape index (κ2) is 9.08. The number of oxazole rings is 1. The molecule has 0 unspecified atom stereocenters. The Morgan fingerprint density at radius 2 is 2.06 bits per heavy atom. The number of amides is 1. The van der Waals surface area contributed by atoms with Crippen LogP contribution in [0.3, 0.4) is 0 Å². The fourth-order valence-electron chi connectivity index (χ4n) is 3.48. The van der Waals surface area contributed by atoms with Crippen molar-refractivity contribution in [1.29, 1.82) is 0 Å². The van der Waals surface area contributed by atoms with Crippen LogP contribution in [0.25, 0.3) is 0 Å². The summed E-state index contributed by atoms with van der Waals surface area (Å²) in [5, 5.41) is 13.5. The van der Waals surface area contributed by atoms with Crippen LogP contribution in [0.4, 0.5) is 16.2 Å². The SMILES string of the molecule is CCOC(=O)c1coc(NC(=O)c2ccc(NCC3(c4ncccc4F)CCC3)nn2)n1. The molecule has 3 heterocycles. The van der Waals surface area contributed by atoms with Gasteiger partial charge in [-0.15, -0.1) is 10.2 Å². The Labute approximate surface area is 182 Å². The van der Waals surface area contributed by atoms with Crippen LogP contribution in [0.2, 0.25) is 0 Å². The van der Waals surface area contributed by atoms with E-state index in [0.717, 1.165) is 25.5 Å². The molecule has 1 amide bonds.